The predicted molar refractivity (Wildman–Crippen MR) is 242 cm³/mol. The number of nitrogens with zero attached hydrogens (tertiary/aromatic N) is 1. The van der Waals surface area contributed by atoms with Gasteiger partial charge in [0.15, 0.2) is 0 Å². The molecule has 0 heterocycles. The molecule has 0 bridgehead atoms. The van der Waals surface area contributed by atoms with Crippen LogP contribution in [0.15, 0.2) is 36.5 Å². The molecule has 0 rings (SSSR count). The number of hydrogen-bond donors (Lipinski definition) is 2. The molecule has 0 radical (unpaired) electrons. The number of carbonyl (C=O) groups is 1. The first-order valence-electron chi connectivity index (χ1n) is 23.9. The van der Waals surface area contributed by atoms with Crippen molar-refractivity contribution in [1.29, 1.82) is 0 Å². The zero-order valence-electron chi connectivity index (χ0n) is 38.0. The molecule has 0 aromatic heterocycles. The number of phosphoric acid groups is 1. The van der Waals surface area contributed by atoms with Crippen molar-refractivity contribution in [3.05, 3.63) is 36.5 Å². The van der Waals surface area contributed by atoms with Gasteiger partial charge in [0.2, 0.25) is 5.91 Å². The summed E-state index contributed by atoms with van der Waals surface area (Å²) in [5, 5.41) is 13.5. The lowest BCUT2D eigenvalue weighted by atomic mass is 10.0. The lowest BCUT2D eigenvalue weighted by molar-refractivity contribution is -0.870. The van der Waals surface area contributed by atoms with E-state index in [2.05, 4.69) is 43.5 Å². The number of hydrogen-bond acceptors (Lipinski definition) is 6. The standard InChI is InChI=1S/C48H93N2O6P/c1-6-8-10-12-13-14-15-16-17-18-19-20-21-22-23-24-25-26-27-28-29-30-31-32-33-34-35-36-37-38-40-42-48(52)49-46(47(51)41-39-11-9-7-2)45-56-57(53,54)55-44-43-50(3,4)5/h15-16,18-19,39,41,46-47,51H,6-14,17,20-38,40,42-45H2,1-5H3,(H-,49,52,53,54)/b16-15-,19-18-,41-39+. The summed E-state index contributed by atoms with van der Waals surface area (Å²) in [5.41, 5.74) is 0. The third-order valence-electron chi connectivity index (χ3n) is 10.6. The second-order valence-electron chi connectivity index (χ2n) is 17.5. The summed E-state index contributed by atoms with van der Waals surface area (Å²) < 4.78 is 22.9. The minimum absolute atomic E-state index is 0.00149. The molecule has 1 amide bonds. The average molecular weight is 825 g/mol. The van der Waals surface area contributed by atoms with Gasteiger partial charge >= 0.3 is 0 Å². The average Bonchev–Trinajstić information content (AvgIpc) is 3.16. The molecule has 0 aromatic rings. The fourth-order valence-corrected chi connectivity index (χ4v) is 7.48. The predicted octanol–water partition coefficient (Wildman–Crippen LogP) is 12.8. The maximum absolute atomic E-state index is 12.7. The molecule has 9 heteroatoms. The highest BCUT2D eigenvalue weighted by Crippen LogP contribution is 2.38. The zero-order chi connectivity index (χ0) is 42.1. The van der Waals surface area contributed by atoms with E-state index in [1.165, 1.54) is 148 Å². The largest absolute Gasteiger partial charge is 0.756 e. The van der Waals surface area contributed by atoms with Gasteiger partial charge in [-0.25, -0.2) is 0 Å². The molecule has 0 fully saturated rings. The Bertz CT molecular complexity index is 1030. The molecule has 0 aliphatic carbocycles. The Hall–Kier alpha value is -1.28. The molecule has 0 aliphatic rings. The quantitative estimate of drug-likeness (QED) is 0.0274. The minimum atomic E-state index is -4.57. The van der Waals surface area contributed by atoms with Crippen LogP contribution in [0.5, 0.6) is 0 Å². The Kier molecular flexibility index (Phi) is 39.2. The molecule has 2 N–H and O–H groups in total. The first-order chi connectivity index (χ1) is 27.5. The van der Waals surface area contributed by atoms with Crippen molar-refractivity contribution in [2.75, 3.05) is 40.9 Å². The van der Waals surface area contributed by atoms with Crippen molar-refractivity contribution in [2.45, 2.75) is 225 Å². The van der Waals surface area contributed by atoms with E-state index in [9.17, 15) is 19.4 Å². The maximum atomic E-state index is 12.7. The molecule has 0 saturated heterocycles. The van der Waals surface area contributed by atoms with E-state index in [-0.39, 0.29) is 19.1 Å². The van der Waals surface area contributed by atoms with Crippen molar-refractivity contribution in [3.63, 3.8) is 0 Å². The number of phosphoric ester groups is 1. The summed E-state index contributed by atoms with van der Waals surface area (Å²) >= 11 is 0. The molecule has 8 nitrogen and oxygen atoms in total. The van der Waals surface area contributed by atoms with Crippen LogP contribution in [0.1, 0.15) is 213 Å². The van der Waals surface area contributed by atoms with Gasteiger partial charge in [-0.2, -0.15) is 0 Å². The van der Waals surface area contributed by atoms with Crippen molar-refractivity contribution >= 4 is 13.7 Å². The zero-order valence-corrected chi connectivity index (χ0v) is 38.9. The summed E-state index contributed by atoms with van der Waals surface area (Å²) in [6.07, 6.45) is 50.0. The fourth-order valence-electron chi connectivity index (χ4n) is 6.76. The topological polar surface area (TPSA) is 108 Å². The lowest BCUT2D eigenvalue weighted by Gasteiger charge is -2.29. The van der Waals surface area contributed by atoms with Gasteiger partial charge < -0.3 is 28.8 Å². The smallest absolute Gasteiger partial charge is 0.268 e. The first kappa shape index (κ1) is 55.7. The molecule has 0 spiro atoms. The van der Waals surface area contributed by atoms with E-state index in [4.69, 9.17) is 9.05 Å². The number of amides is 1. The van der Waals surface area contributed by atoms with Crippen LogP contribution in [-0.4, -0.2) is 68.5 Å². The molecular formula is C48H93N2O6P. The van der Waals surface area contributed by atoms with Crippen LogP contribution in [-0.2, 0) is 18.4 Å². The van der Waals surface area contributed by atoms with Gasteiger partial charge in [-0.3, -0.25) is 9.36 Å². The number of carbonyl (C=O) groups excluding carboxylic acids is 1. The Morgan fingerprint density at radius 2 is 1.04 bits per heavy atom. The third-order valence-corrected chi connectivity index (χ3v) is 11.6. The Labute approximate surface area is 353 Å². The van der Waals surface area contributed by atoms with E-state index in [1.807, 2.05) is 27.2 Å². The number of aliphatic hydroxyl groups excluding tert-OH is 1. The van der Waals surface area contributed by atoms with E-state index in [1.54, 1.807) is 6.08 Å². The number of aliphatic hydroxyl groups is 1. The Balaban J connectivity index is 3.79. The highest BCUT2D eigenvalue weighted by molar-refractivity contribution is 7.45. The van der Waals surface area contributed by atoms with Gasteiger partial charge in [0.25, 0.3) is 7.82 Å². The van der Waals surface area contributed by atoms with Crippen LogP contribution in [0.3, 0.4) is 0 Å². The molecule has 57 heavy (non-hydrogen) atoms. The molecule has 3 unspecified atom stereocenters. The van der Waals surface area contributed by atoms with Crippen LogP contribution in [0.4, 0.5) is 0 Å². The van der Waals surface area contributed by atoms with Gasteiger partial charge in [0.1, 0.15) is 13.2 Å². The second kappa shape index (κ2) is 40.1. The number of rotatable bonds is 43. The number of likely N-dealkylation sites (N-methyl/N-ethyl adjacent to an activating group) is 1. The molecule has 0 aliphatic heterocycles. The van der Waals surface area contributed by atoms with E-state index < -0.39 is 20.0 Å². The molecule has 336 valence electrons. The molecular weight excluding hydrogens is 732 g/mol. The van der Waals surface area contributed by atoms with E-state index in [0.717, 1.165) is 44.9 Å². The van der Waals surface area contributed by atoms with E-state index in [0.29, 0.717) is 17.4 Å². The number of nitrogens with one attached hydrogen (secondary N) is 1. The van der Waals surface area contributed by atoms with E-state index >= 15 is 0 Å². The summed E-state index contributed by atoms with van der Waals surface area (Å²) in [6, 6.07) is -0.880. The van der Waals surface area contributed by atoms with Gasteiger partial charge in [0.05, 0.1) is 39.9 Å². The number of unbranched alkanes of at least 4 members (excludes halogenated alkanes) is 26. The van der Waals surface area contributed by atoms with Crippen LogP contribution in [0.25, 0.3) is 0 Å². The molecule has 0 aromatic carbocycles. The van der Waals surface area contributed by atoms with Crippen LogP contribution in [0, 0.1) is 0 Å². The van der Waals surface area contributed by atoms with Gasteiger partial charge in [-0.1, -0.05) is 198 Å². The monoisotopic (exact) mass is 825 g/mol. The summed E-state index contributed by atoms with van der Waals surface area (Å²) in [5.74, 6) is -0.205. The fraction of sp³-hybridized carbons (Fsp3) is 0.854. The van der Waals surface area contributed by atoms with Crippen LogP contribution >= 0.6 is 7.82 Å². The highest BCUT2D eigenvalue weighted by atomic mass is 31.2. The minimum Gasteiger partial charge on any atom is -0.756 e. The van der Waals surface area contributed by atoms with Crippen LogP contribution in [0.2, 0.25) is 0 Å². The van der Waals surface area contributed by atoms with Gasteiger partial charge in [0, 0.05) is 6.42 Å². The Morgan fingerprint density at radius 3 is 1.49 bits per heavy atom. The number of allylic oxidation sites excluding steroid dienone is 5. The lowest BCUT2D eigenvalue weighted by Crippen LogP contribution is -2.45. The highest BCUT2D eigenvalue weighted by Gasteiger charge is 2.23. The van der Waals surface area contributed by atoms with Crippen molar-refractivity contribution in [3.8, 4) is 0 Å². The Morgan fingerprint density at radius 1 is 0.614 bits per heavy atom. The summed E-state index contributed by atoms with van der Waals surface area (Å²) in [6.45, 7) is 4.48. The second-order valence-corrected chi connectivity index (χ2v) is 18.9. The van der Waals surface area contributed by atoms with Crippen molar-refractivity contribution in [1.82, 2.24) is 5.32 Å². The van der Waals surface area contributed by atoms with Gasteiger partial charge in [-0.05, 0) is 44.9 Å². The normalized spacial score (nSPS) is 14.6. The number of quaternary nitrogens is 1. The van der Waals surface area contributed by atoms with Crippen LogP contribution < -0.4 is 10.2 Å². The maximum Gasteiger partial charge on any atom is 0.268 e. The molecule has 0 saturated carbocycles. The third kappa shape index (κ3) is 42.6. The van der Waals surface area contributed by atoms with Gasteiger partial charge in [-0.15, -0.1) is 0 Å². The first-order valence-corrected chi connectivity index (χ1v) is 25.3. The SMILES string of the molecule is CCCC/C=C/C(O)C(COP(=O)([O-])OCC[N+](C)(C)C)NC(=O)CCCCCCCCCCCCCCCCCCCCC/C=C\C/C=C\CCCCCCC. The summed E-state index contributed by atoms with van der Waals surface area (Å²) in [4.78, 5) is 25.0. The van der Waals surface area contributed by atoms with Crippen molar-refractivity contribution in [2.24, 2.45) is 0 Å². The van der Waals surface area contributed by atoms with Crippen molar-refractivity contribution < 1.29 is 32.9 Å². The molecule has 3 atom stereocenters. The summed E-state index contributed by atoms with van der Waals surface area (Å²) in [7, 11) is 1.26.